The fraction of sp³-hybridized carbons (Fsp3) is 0. The first-order valence-corrected chi connectivity index (χ1v) is 7.27. The van der Waals surface area contributed by atoms with Crippen LogP contribution in [-0.2, 0) is 0 Å². The van der Waals surface area contributed by atoms with Gasteiger partial charge >= 0.3 is 6.03 Å². The Kier molecular flexibility index (Phi) is 3.93. The fourth-order valence-electron chi connectivity index (χ4n) is 1.99. The standard InChI is InChI=1S/C16H11BrN2O3/c17-11-5-3-6-12(9-11)18-16(21)19-15(20)14-8-10-4-1-2-7-13(10)22-14/h1-9H,(H2,18,19,20,21). The van der Waals surface area contributed by atoms with Gasteiger partial charge in [-0.1, -0.05) is 40.2 Å². The van der Waals surface area contributed by atoms with Gasteiger partial charge in [-0.25, -0.2) is 4.79 Å². The average Bonchev–Trinajstić information content (AvgIpc) is 2.91. The number of halogens is 1. The average molecular weight is 359 g/mol. The Morgan fingerprint density at radius 2 is 1.82 bits per heavy atom. The van der Waals surface area contributed by atoms with E-state index in [1.54, 1.807) is 30.3 Å². The molecule has 110 valence electrons. The van der Waals surface area contributed by atoms with Crippen molar-refractivity contribution in [3.8, 4) is 0 Å². The number of imide groups is 1. The van der Waals surface area contributed by atoms with E-state index in [2.05, 4.69) is 26.6 Å². The summed E-state index contributed by atoms with van der Waals surface area (Å²) in [5, 5.41) is 5.61. The molecule has 0 spiro atoms. The molecule has 0 fully saturated rings. The van der Waals surface area contributed by atoms with E-state index >= 15 is 0 Å². The Morgan fingerprint density at radius 1 is 1.00 bits per heavy atom. The van der Waals surface area contributed by atoms with Crippen LogP contribution in [-0.4, -0.2) is 11.9 Å². The lowest BCUT2D eigenvalue weighted by molar-refractivity contribution is 0.0942. The largest absolute Gasteiger partial charge is 0.451 e. The highest BCUT2D eigenvalue weighted by Crippen LogP contribution is 2.19. The molecule has 3 amide bonds. The molecule has 0 aliphatic carbocycles. The van der Waals surface area contributed by atoms with Crippen molar-refractivity contribution >= 4 is 44.5 Å². The molecule has 2 N–H and O–H groups in total. The number of amides is 3. The zero-order valence-electron chi connectivity index (χ0n) is 11.3. The third kappa shape index (κ3) is 3.17. The van der Waals surface area contributed by atoms with Crippen LogP contribution < -0.4 is 10.6 Å². The number of benzene rings is 2. The predicted molar refractivity (Wildman–Crippen MR) is 86.8 cm³/mol. The van der Waals surface area contributed by atoms with E-state index < -0.39 is 11.9 Å². The lowest BCUT2D eigenvalue weighted by atomic mass is 10.2. The maximum atomic E-state index is 12.0. The summed E-state index contributed by atoms with van der Waals surface area (Å²) >= 11 is 3.31. The fourth-order valence-corrected chi connectivity index (χ4v) is 2.39. The van der Waals surface area contributed by atoms with E-state index in [-0.39, 0.29) is 5.76 Å². The van der Waals surface area contributed by atoms with Gasteiger partial charge in [0.25, 0.3) is 5.91 Å². The minimum absolute atomic E-state index is 0.0885. The third-order valence-corrected chi connectivity index (χ3v) is 3.45. The summed E-state index contributed by atoms with van der Waals surface area (Å²) in [6, 6.07) is 15.3. The normalized spacial score (nSPS) is 10.4. The van der Waals surface area contributed by atoms with Gasteiger partial charge < -0.3 is 9.73 Å². The van der Waals surface area contributed by atoms with Crippen molar-refractivity contribution in [3.05, 3.63) is 64.8 Å². The van der Waals surface area contributed by atoms with E-state index in [0.29, 0.717) is 11.3 Å². The summed E-state index contributed by atoms with van der Waals surface area (Å²) in [6.07, 6.45) is 0. The maximum absolute atomic E-state index is 12.0. The van der Waals surface area contributed by atoms with Gasteiger partial charge in [0.1, 0.15) is 5.58 Å². The molecule has 3 rings (SSSR count). The molecule has 0 saturated carbocycles. The number of para-hydroxylation sites is 1. The molecule has 5 nitrogen and oxygen atoms in total. The van der Waals surface area contributed by atoms with Crippen LogP contribution in [0.2, 0.25) is 0 Å². The Hall–Kier alpha value is -2.60. The van der Waals surface area contributed by atoms with Gasteiger partial charge in [-0.3, -0.25) is 10.1 Å². The molecule has 0 radical (unpaired) electrons. The third-order valence-electron chi connectivity index (χ3n) is 2.96. The number of carbonyl (C=O) groups excluding carboxylic acids is 2. The second-order valence-corrected chi connectivity index (χ2v) is 5.48. The lowest BCUT2D eigenvalue weighted by Crippen LogP contribution is -2.34. The molecular formula is C16H11BrN2O3. The number of carbonyl (C=O) groups is 2. The van der Waals surface area contributed by atoms with E-state index in [9.17, 15) is 9.59 Å². The molecule has 0 atom stereocenters. The molecule has 0 aliphatic rings. The highest BCUT2D eigenvalue weighted by molar-refractivity contribution is 9.10. The highest BCUT2D eigenvalue weighted by atomic mass is 79.9. The first-order valence-electron chi connectivity index (χ1n) is 6.48. The second-order valence-electron chi connectivity index (χ2n) is 4.57. The van der Waals surface area contributed by atoms with Crippen molar-refractivity contribution in [1.29, 1.82) is 0 Å². The number of hydrogen-bond donors (Lipinski definition) is 2. The van der Waals surface area contributed by atoms with Crippen LogP contribution in [0.1, 0.15) is 10.6 Å². The smallest absolute Gasteiger partial charge is 0.326 e. The van der Waals surface area contributed by atoms with Crippen LogP contribution >= 0.6 is 15.9 Å². The van der Waals surface area contributed by atoms with E-state index in [1.165, 1.54) is 0 Å². The van der Waals surface area contributed by atoms with Crippen molar-refractivity contribution in [3.63, 3.8) is 0 Å². The molecule has 2 aromatic carbocycles. The quantitative estimate of drug-likeness (QED) is 0.722. The van der Waals surface area contributed by atoms with Crippen LogP contribution in [0.15, 0.2) is 63.5 Å². The minimum atomic E-state index is -0.622. The molecule has 1 aromatic heterocycles. The van der Waals surface area contributed by atoms with E-state index in [1.807, 2.05) is 24.3 Å². The Labute approximate surface area is 134 Å². The van der Waals surface area contributed by atoms with Gasteiger partial charge in [0.05, 0.1) is 0 Å². The molecule has 0 aliphatic heterocycles. The zero-order chi connectivity index (χ0) is 15.5. The molecule has 0 bridgehead atoms. The van der Waals surface area contributed by atoms with Gasteiger partial charge in [-0.05, 0) is 30.3 Å². The van der Waals surface area contributed by atoms with Crippen molar-refractivity contribution in [2.24, 2.45) is 0 Å². The first-order chi connectivity index (χ1) is 10.6. The van der Waals surface area contributed by atoms with Crippen molar-refractivity contribution in [2.75, 3.05) is 5.32 Å². The summed E-state index contributed by atoms with van der Waals surface area (Å²) in [5.41, 5.74) is 1.17. The number of rotatable bonds is 2. The van der Waals surface area contributed by atoms with E-state index in [0.717, 1.165) is 9.86 Å². The summed E-state index contributed by atoms with van der Waals surface area (Å²) in [5.74, 6) is -0.505. The van der Waals surface area contributed by atoms with Crippen molar-refractivity contribution < 1.29 is 14.0 Å². The number of furan rings is 1. The van der Waals surface area contributed by atoms with Gasteiger partial charge in [0, 0.05) is 15.5 Å². The second kappa shape index (κ2) is 6.03. The number of hydrogen-bond acceptors (Lipinski definition) is 3. The molecule has 6 heteroatoms. The summed E-state index contributed by atoms with van der Waals surface area (Å²) in [4.78, 5) is 23.8. The Balaban J connectivity index is 1.69. The van der Waals surface area contributed by atoms with Gasteiger partial charge in [-0.2, -0.15) is 0 Å². The van der Waals surface area contributed by atoms with Crippen LogP contribution in [0.4, 0.5) is 10.5 Å². The molecule has 3 aromatic rings. The molecule has 0 unspecified atom stereocenters. The van der Waals surface area contributed by atoms with Crippen LogP contribution in [0.5, 0.6) is 0 Å². The monoisotopic (exact) mass is 358 g/mol. The van der Waals surface area contributed by atoms with Crippen molar-refractivity contribution in [1.82, 2.24) is 5.32 Å². The number of fused-ring (bicyclic) bond motifs is 1. The van der Waals surface area contributed by atoms with Gasteiger partial charge in [0.15, 0.2) is 5.76 Å². The van der Waals surface area contributed by atoms with Crippen LogP contribution in [0, 0.1) is 0 Å². The van der Waals surface area contributed by atoms with Crippen LogP contribution in [0.25, 0.3) is 11.0 Å². The molecule has 0 saturated heterocycles. The summed E-state index contributed by atoms with van der Waals surface area (Å²) in [6.45, 7) is 0. The molecule has 1 heterocycles. The molecular weight excluding hydrogens is 348 g/mol. The van der Waals surface area contributed by atoms with Crippen LogP contribution in [0.3, 0.4) is 0 Å². The summed E-state index contributed by atoms with van der Waals surface area (Å²) < 4.78 is 6.23. The van der Waals surface area contributed by atoms with Crippen molar-refractivity contribution in [2.45, 2.75) is 0 Å². The lowest BCUT2D eigenvalue weighted by Gasteiger charge is -2.05. The molecule has 22 heavy (non-hydrogen) atoms. The topological polar surface area (TPSA) is 71.3 Å². The maximum Gasteiger partial charge on any atom is 0.326 e. The SMILES string of the molecule is O=C(NC(=O)c1cc2ccccc2o1)Nc1cccc(Br)c1. The van der Waals surface area contributed by atoms with Gasteiger partial charge in [0.2, 0.25) is 0 Å². The minimum Gasteiger partial charge on any atom is -0.451 e. The Morgan fingerprint density at radius 3 is 2.59 bits per heavy atom. The number of urea groups is 1. The van der Waals surface area contributed by atoms with Gasteiger partial charge in [-0.15, -0.1) is 0 Å². The highest BCUT2D eigenvalue weighted by Gasteiger charge is 2.15. The number of anilines is 1. The Bertz CT molecular complexity index is 824. The van der Waals surface area contributed by atoms with E-state index in [4.69, 9.17) is 4.42 Å². The first kappa shape index (κ1) is 14.3. The number of nitrogens with one attached hydrogen (secondary N) is 2. The zero-order valence-corrected chi connectivity index (χ0v) is 12.9. The predicted octanol–water partition coefficient (Wildman–Crippen LogP) is 4.16. The summed E-state index contributed by atoms with van der Waals surface area (Å²) in [7, 11) is 0.